The molecule has 102 valence electrons. The van der Waals surface area contributed by atoms with Crippen LogP contribution in [0, 0.1) is 0 Å². The van der Waals surface area contributed by atoms with Gasteiger partial charge in [0, 0.05) is 18.5 Å². The summed E-state index contributed by atoms with van der Waals surface area (Å²) in [6.45, 7) is 4.24. The summed E-state index contributed by atoms with van der Waals surface area (Å²) in [6, 6.07) is 8.01. The van der Waals surface area contributed by atoms with Gasteiger partial charge in [-0.2, -0.15) is 0 Å². The van der Waals surface area contributed by atoms with Crippen LogP contribution in [0.25, 0.3) is 16.6 Å². The summed E-state index contributed by atoms with van der Waals surface area (Å²) in [7, 11) is 0. The molecule has 0 bridgehead atoms. The maximum Gasteiger partial charge on any atom is 0.171 e. The monoisotopic (exact) mass is 269 g/mol. The Morgan fingerprint density at radius 3 is 2.85 bits per heavy atom. The van der Waals surface area contributed by atoms with Crippen molar-refractivity contribution in [3.8, 4) is 0 Å². The van der Waals surface area contributed by atoms with E-state index in [2.05, 4.69) is 20.1 Å². The van der Waals surface area contributed by atoms with Crippen molar-refractivity contribution < 1.29 is 4.74 Å². The van der Waals surface area contributed by atoms with Crippen LogP contribution in [0.2, 0.25) is 0 Å². The lowest BCUT2D eigenvalue weighted by atomic mass is 10.2. The summed E-state index contributed by atoms with van der Waals surface area (Å²) in [5, 5.41) is 9.70. The van der Waals surface area contributed by atoms with E-state index >= 15 is 0 Å². The minimum absolute atomic E-state index is 0.782. The molecule has 0 N–H and O–H groups in total. The number of fused-ring (bicyclic) bond motifs is 3. The summed E-state index contributed by atoms with van der Waals surface area (Å²) < 4.78 is 7.35. The third-order valence-corrected chi connectivity index (χ3v) is 3.69. The molecular formula is C14H15N5O. The average molecular weight is 269 g/mol. The van der Waals surface area contributed by atoms with Gasteiger partial charge in [0.05, 0.1) is 25.3 Å². The van der Waals surface area contributed by atoms with Gasteiger partial charge < -0.3 is 4.74 Å². The van der Waals surface area contributed by atoms with Crippen LogP contribution in [-0.2, 0) is 11.3 Å². The second kappa shape index (κ2) is 4.81. The zero-order valence-corrected chi connectivity index (χ0v) is 11.1. The Kier molecular flexibility index (Phi) is 2.82. The molecule has 2 aromatic heterocycles. The number of hydrogen-bond donors (Lipinski definition) is 0. The molecule has 0 saturated carbocycles. The number of ether oxygens (including phenoxy) is 1. The largest absolute Gasteiger partial charge is 0.379 e. The van der Waals surface area contributed by atoms with Crippen molar-refractivity contribution in [2.75, 3.05) is 26.3 Å². The fraction of sp³-hybridized carbons (Fsp3) is 0.357. The van der Waals surface area contributed by atoms with E-state index in [0.717, 1.165) is 55.2 Å². The van der Waals surface area contributed by atoms with Gasteiger partial charge in [-0.3, -0.25) is 9.30 Å². The van der Waals surface area contributed by atoms with E-state index in [1.807, 2.05) is 35.0 Å². The molecule has 1 saturated heterocycles. The summed E-state index contributed by atoms with van der Waals surface area (Å²) in [5.41, 5.74) is 1.82. The Bertz CT molecular complexity index is 747. The molecule has 0 radical (unpaired) electrons. The van der Waals surface area contributed by atoms with Crippen molar-refractivity contribution in [1.29, 1.82) is 0 Å². The van der Waals surface area contributed by atoms with Gasteiger partial charge in [0.1, 0.15) is 6.33 Å². The van der Waals surface area contributed by atoms with Crippen molar-refractivity contribution in [2.24, 2.45) is 0 Å². The lowest BCUT2D eigenvalue weighted by Crippen LogP contribution is -2.36. The van der Waals surface area contributed by atoms with Crippen molar-refractivity contribution in [2.45, 2.75) is 6.54 Å². The summed E-state index contributed by atoms with van der Waals surface area (Å²) in [6.07, 6.45) is 1.81. The Morgan fingerprint density at radius 1 is 1.10 bits per heavy atom. The van der Waals surface area contributed by atoms with Gasteiger partial charge in [-0.15, -0.1) is 10.2 Å². The van der Waals surface area contributed by atoms with Crippen LogP contribution in [-0.4, -0.2) is 50.8 Å². The van der Waals surface area contributed by atoms with Gasteiger partial charge in [-0.1, -0.05) is 12.1 Å². The van der Waals surface area contributed by atoms with E-state index in [-0.39, 0.29) is 0 Å². The average Bonchev–Trinajstić information content (AvgIpc) is 2.92. The number of para-hydroxylation sites is 1. The number of hydrogen-bond acceptors (Lipinski definition) is 5. The molecule has 0 unspecified atom stereocenters. The molecule has 6 nitrogen and oxygen atoms in total. The Balaban J connectivity index is 1.75. The third-order valence-electron chi connectivity index (χ3n) is 3.69. The number of morpholine rings is 1. The molecule has 1 fully saturated rings. The van der Waals surface area contributed by atoms with Gasteiger partial charge in [-0.25, -0.2) is 4.98 Å². The molecule has 3 aromatic rings. The molecule has 0 spiro atoms. The molecule has 1 aliphatic heterocycles. The number of benzene rings is 1. The second-order valence-corrected chi connectivity index (χ2v) is 4.96. The first-order chi connectivity index (χ1) is 9.92. The van der Waals surface area contributed by atoms with E-state index in [9.17, 15) is 0 Å². The van der Waals surface area contributed by atoms with E-state index in [4.69, 9.17) is 4.74 Å². The van der Waals surface area contributed by atoms with Crippen LogP contribution in [0.5, 0.6) is 0 Å². The quantitative estimate of drug-likeness (QED) is 0.697. The van der Waals surface area contributed by atoms with Gasteiger partial charge in [0.25, 0.3) is 0 Å². The second-order valence-electron chi connectivity index (χ2n) is 4.96. The zero-order valence-electron chi connectivity index (χ0n) is 11.1. The number of rotatable bonds is 2. The molecule has 20 heavy (non-hydrogen) atoms. The highest BCUT2D eigenvalue weighted by atomic mass is 16.5. The fourth-order valence-corrected chi connectivity index (χ4v) is 2.59. The molecule has 0 aliphatic carbocycles. The van der Waals surface area contributed by atoms with Gasteiger partial charge in [0.15, 0.2) is 11.5 Å². The maximum absolute atomic E-state index is 5.37. The van der Waals surface area contributed by atoms with Gasteiger partial charge >= 0.3 is 0 Å². The SMILES string of the molecule is c1ccc2c(c1)ncn1c(CN3CCOCC3)nnc21. The van der Waals surface area contributed by atoms with Crippen molar-refractivity contribution in [3.63, 3.8) is 0 Å². The topological polar surface area (TPSA) is 55.5 Å². The predicted molar refractivity (Wildman–Crippen MR) is 74.4 cm³/mol. The van der Waals surface area contributed by atoms with Crippen LogP contribution < -0.4 is 0 Å². The van der Waals surface area contributed by atoms with Crippen LogP contribution >= 0.6 is 0 Å². The molecule has 0 atom stereocenters. The van der Waals surface area contributed by atoms with Crippen molar-refractivity contribution >= 4 is 16.6 Å². The molecule has 1 aliphatic rings. The number of nitrogens with zero attached hydrogens (tertiary/aromatic N) is 5. The van der Waals surface area contributed by atoms with Gasteiger partial charge in [0.2, 0.25) is 0 Å². The lowest BCUT2D eigenvalue weighted by molar-refractivity contribution is 0.0329. The molecule has 1 aromatic carbocycles. The molecule has 3 heterocycles. The smallest absolute Gasteiger partial charge is 0.171 e. The first-order valence-electron chi connectivity index (χ1n) is 6.79. The summed E-state index contributed by atoms with van der Waals surface area (Å²) in [5.74, 6) is 0.931. The molecule has 6 heteroatoms. The highest BCUT2D eigenvalue weighted by Gasteiger charge is 2.15. The zero-order chi connectivity index (χ0) is 13.4. The minimum atomic E-state index is 0.782. The van der Waals surface area contributed by atoms with Crippen molar-refractivity contribution in [3.05, 3.63) is 36.4 Å². The predicted octanol–water partition coefficient (Wildman–Crippen LogP) is 1.11. The minimum Gasteiger partial charge on any atom is -0.379 e. The van der Waals surface area contributed by atoms with E-state index in [1.165, 1.54) is 0 Å². The van der Waals surface area contributed by atoms with Crippen LogP contribution in [0.15, 0.2) is 30.6 Å². The molecular weight excluding hydrogens is 254 g/mol. The van der Waals surface area contributed by atoms with Gasteiger partial charge in [-0.05, 0) is 12.1 Å². The van der Waals surface area contributed by atoms with Crippen LogP contribution in [0.4, 0.5) is 0 Å². The Morgan fingerprint density at radius 2 is 1.95 bits per heavy atom. The van der Waals surface area contributed by atoms with Crippen LogP contribution in [0.3, 0.4) is 0 Å². The van der Waals surface area contributed by atoms with E-state index in [0.29, 0.717) is 0 Å². The standard InChI is InChI=1S/C14H15N5O/c1-2-4-12-11(3-1)14-17-16-13(19(14)10-15-12)9-18-5-7-20-8-6-18/h1-4,10H,5-9H2. The van der Waals surface area contributed by atoms with Crippen LogP contribution in [0.1, 0.15) is 5.82 Å². The first-order valence-corrected chi connectivity index (χ1v) is 6.79. The Labute approximate surface area is 116 Å². The number of aromatic nitrogens is 4. The molecule has 4 rings (SSSR count). The van der Waals surface area contributed by atoms with E-state index in [1.54, 1.807) is 0 Å². The Hall–Kier alpha value is -2.05. The maximum atomic E-state index is 5.37. The summed E-state index contributed by atoms with van der Waals surface area (Å²) >= 11 is 0. The highest BCUT2D eigenvalue weighted by Crippen LogP contribution is 2.17. The highest BCUT2D eigenvalue weighted by molar-refractivity contribution is 5.90. The lowest BCUT2D eigenvalue weighted by Gasteiger charge is -2.25. The third kappa shape index (κ3) is 1.93. The molecule has 0 amide bonds. The van der Waals surface area contributed by atoms with Crippen molar-refractivity contribution in [1.82, 2.24) is 24.5 Å². The normalized spacial score (nSPS) is 17.0. The first kappa shape index (κ1) is 11.7. The summed E-state index contributed by atoms with van der Waals surface area (Å²) in [4.78, 5) is 6.80. The fourth-order valence-electron chi connectivity index (χ4n) is 2.59. The van der Waals surface area contributed by atoms with E-state index < -0.39 is 0 Å².